The number of rotatable bonds is 18. The first kappa shape index (κ1) is 31.4. The Morgan fingerprint density at radius 2 is 1.10 bits per heavy atom. The zero-order valence-corrected chi connectivity index (χ0v) is 24.7. The van der Waals surface area contributed by atoms with Crippen LogP contribution in [0.3, 0.4) is 0 Å². The second-order valence-corrected chi connectivity index (χ2v) is 11.1. The predicted molar refractivity (Wildman–Crippen MR) is 166 cm³/mol. The Morgan fingerprint density at radius 1 is 0.675 bits per heavy atom. The van der Waals surface area contributed by atoms with E-state index in [-0.39, 0.29) is 11.7 Å². The molecule has 216 valence electrons. The van der Waals surface area contributed by atoms with Gasteiger partial charge >= 0.3 is 0 Å². The molecule has 0 N–H and O–H groups in total. The highest BCUT2D eigenvalue weighted by molar-refractivity contribution is 6.15. The molecule has 2 aromatic rings. The molecule has 3 rings (SSSR count). The minimum atomic E-state index is -0.0349. The highest BCUT2D eigenvalue weighted by Crippen LogP contribution is 2.23. The summed E-state index contributed by atoms with van der Waals surface area (Å²) in [5.41, 5.74) is 2.63. The van der Waals surface area contributed by atoms with Crippen LogP contribution in [0.25, 0.3) is 12.2 Å². The first-order chi connectivity index (χ1) is 19.7. The standard InChI is InChI=1S/C35H49N3O2/c1-2-3-4-5-6-7-8-9-10-11-12-13-14-15-16-23-34(39)38-28-30(26-32-21-17-19-24-36-32)35(40)31(29-38)27-33-22-18-20-25-37-33/h17-22,24-27H,2-16,23,28-29H2,1H3/b30-26+,31-27+. The van der Waals surface area contributed by atoms with Crippen molar-refractivity contribution in [3.05, 3.63) is 71.3 Å². The maximum Gasteiger partial charge on any atom is 0.223 e. The number of hydrogen-bond acceptors (Lipinski definition) is 4. The molecule has 5 nitrogen and oxygen atoms in total. The van der Waals surface area contributed by atoms with Crippen molar-refractivity contribution in [2.75, 3.05) is 13.1 Å². The third kappa shape index (κ3) is 12.0. The maximum atomic E-state index is 13.3. The molecular formula is C35H49N3O2. The number of aromatic nitrogens is 2. The van der Waals surface area contributed by atoms with Gasteiger partial charge in [-0.25, -0.2) is 0 Å². The number of pyridine rings is 2. The molecule has 1 saturated heterocycles. The Labute approximate surface area is 242 Å². The average molecular weight is 544 g/mol. The summed E-state index contributed by atoms with van der Waals surface area (Å²) in [5, 5.41) is 0. The van der Waals surface area contributed by atoms with E-state index in [0.29, 0.717) is 30.7 Å². The summed E-state index contributed by atoms with van der Waals surface area (Å²) in [7, 11) is 0. The topological polar surface area (TPSA) is 63.2 Å². The van der Waals surface area contributed by atoms with Gasteiger partial charge in [0.15, 0.2) is 5.78 Å². The first-order valence-electron chi connectivity index (χ1n) is 15.7. The lowest BCUT2D eigenvalue weighted by Crippen LogP contribution is -2.41. The lowest BCUT2D eigenvalue weighted by Gasteiger charge is -2.30. The Hall–Kier alpha value is -3.08. The molecule has 0 saturated carbocycles. The van der Waals surface area contributed by atoms with E-state index in [9.17, 15) is 9.59 Å². The number of hydrogen-bond donors (Lipinski definition) is 0. The van der Waals surface area contributed by atoms with Gasteiger partial charge in [0.1, 0.15) is 0 Å². The molecule has 5 heteroatoms. The number of unbranched alkanes of at least 4 members (excludes halogenated alkanes) is 14. The number of carbonyl (C=O) groups is 2. The maximum absolute atomic E-state index is 13.3. The third-order valence-corrected chi connectivity index (χ3v) is 7.67. The van der Waals surface area contributed by atoms with Crippen LogP contribution >= 0.6 is 0 Å². The number of amides is 1. The van der Waals surface area contributed by atoms with Crippen molar-refractivity contribution in [1.29, 1.82) is 0 Å². The SMILES string of the molecule is CCCCCCCCCCCCCCCCCC(=O)N1C/C(=C\c2ccccn2)C(=O)/C(=C/c2ccccn2)C1. The normalized spacial score (nSPS) is 15.7. The second-order valence-electron chi connectivity index (χ2n) is 11.1. The quantitative estimate of drug-likeness (QED) is 0.139. The van der Waals surface area contributed by atoms with E-state index in [1.165, 1.54) is 83.5 Å². The molecule has 0 spiro atoms. The number of Topliss-reactive ketones (excluding diaryl/α,β-unsaturated/α-hetero) is 1. The van der Waals surface area contributed by atoms with Crippen LogP contribution in [0.5, 0.6) is 0 Å². The summed E-state index contributed by atoms with van der Waals surface area (Å²) in [5.74, 6) is 0.0772. The molecule has 3 heterocycles. The molecule has 1 aliphatic heterocycles. The molecule has 1 aliphatic rings. The summed E-state index contributed by atoms with van der Waals surface area (Å²) < 4.78 is 0. The van der Waals surface area contributed by atoms with Crippen LogP contribution < -0.4 is 0 Å². The van der Waals surface area contributed by atoms with Gasteiger partial charge in [0.2, 0.25) is 5.91 Å². The summed E-state index contributed by atoms with van der Waals surface area (Å²) in [6.45, 7) is 2.93. The fourth-order valence-electron chi connectivity index (χ4n) is 5.30. The van der Waals surface area contributed by atoms with Crippen molar-refractivity contribution < 1.29 is 9.59 Å². The van der Waals surface area contributed by atoms with Gasteiger partial charge in [0.05, 0.1) is 11.4 Å². The van der Waals surface area contributed by atoms with Crippen LogP contribution in [0.4, 0.5) is 0 Å². The van der Waals surface area contributed by atoms with Crippen LogP contribution in [0.2, 0.25) is 0 Å². The monoisotopic (exact) mass is 543 g/mol. The van der Waals surface area contributed by atoms with Crippen molar-refractivity contribution in [2.45, 2.75) is 110 Å². The van der Waals surface area contributed by atoms with E-state index >= 15 is 0 Å². The number of ketones is 1. The highest BCUT2D eigenvalue weighted by atomic mass is 16.2. The van der Waals surface area contributed by atoms with Crippen molar-refractivity contribution in [2.24, 2.45) is 0 Å². The van der Waals surface area contributed by atoms with E-state index in [0.717, 1.165) is 24.2 Å². The lowest BCUT2D eigenvalue weighted by molar-refractivity contribution is -0.131. The van der Waals surface area contributed by atoms with Gasteiger partial charge < -0.3 is 4.90 Å². The largest absolute Gasteiger partial charge is 0.334 e. The third-order valence-electron chi connectivity index (χ3n) is 7.67. The molecular weight excluding hydrogens is 494 g/mol. The van der Waals surface area contributed by atoms with E-state index in [1.807, 2.05) is 53.5 Å². The minimum absolute atomic E-state index is 0.0349. The molecule has 0 aromatic carbocycles. The lowest BCUT2D eigenvalue weighted by atomic mass is 9.95. The fourth-order valence-corrected chi connectivity index (χ4v) is 5.30. The van der Waals surface area contributed by atoms with Crippen molar-refractivity contribution >= 4 is 23.8 Å². The average Bonchev–Trinajstić information content (AvgIpc) is 2.98. The molecule has 0 unspecified atom stereocenters. The zero-order valence-electron chi connectivity index (χ0n) is 24.7. The molecule has 0 atom stereocenters. The fraction of sp³-hybridized carbons (Fsp3) is 0.543. The summed E-state index contributed by atoms with van der Waals surface area (Å²) in [4.78, 5) is 36.9. The first-order valence-corrected chi connectivity index (χ1v) is 15.7. The number of carbonyl (C=O) groups excluding carboxylic acids is 2. The van der Waals surface area contributed by atoms with Crippen LogP contribution in [0.1, 0.15) is 121 Å². The number of piperidine rings is 1. The highest BCUT2D eigenvalue weighted by Gasteiger charge is 2.29. The molecule has 0 aliphatic carbocycles. The van der Waals surface area contributed by atoms with E-state index < -0.39 is 0 Å². The minimum Gasteiger partial charge on any atom is -0.334 e. The molecule has 1 fully saturated rings. The van der Waals surface area contributed by atoms with Gasteiger partial charge in [-0.3, -0.25) is 19.6 Å². The zero-order chi connectivity index (χ0) is 28.3. The van der Waals surface area contributed by atoms with Gasteiger partial charge in [0.25, 0.3) is 0 Å². The van der Waals surface area contributed by atoms with E-state index in [4.69, 9.17) is 0 Å². The summed E-state index contributed by atoms with van der Waals surface area (Å²) >= 11 is 0. The van der Waals surface area contributed by atoms with Gasteiger partial charge in [-0.2, -0.15) is 0 Å². The van der Waals surface area contributed by atoms with Crippen molar-refractivity contribution in [3.63, 3.8) is 0 Å². The number of nitrogens with zero attached hydrogens (tertiary/aromatic N) is 3. The van der Waals surface area contributed by atoms with Crippen molar-refractivity contribution in [1.82, 2.24) is 14.9 Å². The predicted octanol–water partition coefficient (Wildman–Crippen LogP) is 8.62. The molecule has 1 amide bonds. The molecule has 0 bridgehead atoms. The Kier molecular flexibility index (Phi) is 15.0. The van der Waals surface area contributed by atoms with Crippen LogP contribution in [0, 0.1) is 0 Å². The van der Waals surface area contributed by atoms with E-state index in [2.05, 4.69) is 16.9 Å². The molecule has 2 aromatic heterocycles. The van der Waals surface area contributed by atoms with E-state index in [1.54, 1.807) is 12.4 Å². The Balaban J connectivity index is 1.38. The summed E-state index contributed by atoms with van der Waals surface area (Å²) in [6, 6.07) is 11.2. The molecule has 40 heavy (non-hydrogen) atoms. The Bertz CT molecular complexity index is 1000. The smallest absolute Gasteiger partial charge is 0.223 e. The number of likely N-dealkylation sites (tertiary alicyclic amines) is 1. The Morgan fingerprint density at radius 3 is 1.50 bits per heavy atom. The van der Waals surface area contributed by atoms with Crippen LogP contribution in [0.15, 0.2) is 59.9 Å². The van der Waals surface area contributed by atoms with Gasteiger partial charge in [-0.15, -0.1) is 0 Å². The second kappa shape index (κ2) is 19.1. The molecule has 0 radical (unpaired) electrons. The van der Waals surface area contributed by atoms with Crippen molar-refractivity contribution in [3.8, 4) is 0 Å². The van der Waals surface area contributed by atoms with Gasteiger partial charge in [-0.1, -0.05) is 109 Å². The summed E-state index contributed by atoms with van der Waals surface area (Å²) in [6.07, 6.45) is 27.2. The van der Waals surface area contributed by atoms with Crippen LogP contribution in [-0.2, 0) is 9.59 Å². The van der Waals surface area contributed by atoms with Crippen LogP contribution in [-0.4, -0.2) is 39.6 Å². The van der Waals surface area contributed by atoms with Gasteiger partial charge in [0, 0.05) is 43.1 Å². The van der Waals surface area contributed by atoms with Gasteiger partial charge in [-0.05, 0) is 42.8 Å².